The zero-order chi connectivity index (χ0) is 14.8. The van der Waals surface area contributed by atoms with E-state index in [0.717, 1.165) is 39.5 Å². The van der Waals surface area contributed by atoms with Crippen molar-refractivity contribution in [1.29, 1.82) is 0 Å². The molecule has 3 aliphatic heterocycles. The summed E-state index contributed by atoms with van der Waals surface area (Å²) in [7, 11) is 0. The van der Waals surface area contributed by atoms with Crippen LogP contribution in [0.1, 0.15) is 17.7 Å². The Morgan fingerprint density at radius 2 is 2.23 bits per heavy atom. The summed E-state index contributed by atoms with van der Waals surface area (Å²) in [6.45, 7) is 9.38. The first kappa shape index (κ1) is 15.1. The van der Waals surface area contributed by atoms with E-state index in [1.165, 1.54) is 37.4 Å². The molecule has 0 aromatic carbocycles. The predicted molar refractivity (Wildman–Crippen MR) is 88.3 cm³/mol. The van der Waals surface area contributed by atoms with Crippen molar-refractivity contribution in [2.45, 2.75) is 25.4 Å². The van der Waals surface area contributed by atoms with Gasteiger partial charge in [0.05, 0.1) is 19.8 Å². The number of hydrogen-bond acceptors (Lipinski definition) is 5. The van der Waals surface area contributed by atoms with Crippen molar-refractivity contribution in [3.8, 4) is 0 Å². The average molecular weight is 322 g/mol. The monoisotopic (exact) mass is 322 g/mol. The molecule has 0 saturated carbocycles. The lowest BCUT2D eigenvalue weighted by molar-refractivity contribution is 0.0685. The molecule has 0 bridgehead atoms. The van der Waals surface area contributed by atoms with Gasteiger partial charge in [-0.1, -0.05) is 6.07 Å². The van der Waals surface area contributed by atoms with Gasteiger partial charge in [0.15, 0.2) is 0 Å². The summed E-state index contributed by atoms with van der Waals surface area (Å²) in [6.07, 6.45) is 2.46. The standard InChI is InChI=1S/C17H26N2O2S/c1-2-16(22-9-1)10-18-5-4-17(12-18)13-19(6-8-21-14-17)15-3-7-20-11-15/h1-2,9,15H,3-8,10-14H2/t15-,17+/m1/s1. The van der Waals surface area contributed by atoms with Crippen molar-refractivity contribution in [2.75, 3.05) is 52.6 Å². The second kappa shape index (κ2) is 6.57. The molecule has 3 fully saturated rings. The molecule has 1 spiro atoms. The first-order chi connectivity index (χ1) is 10.8. The zero-order valence-electron chi connectivity index (χ0n) is 13.2. The molecule has 0 aliphatic carbocycles. The highest BCUT2D eigenvalue weighted by molar-refractivity contribution is 7.09. The molecular weight excluding hydrogens is 296 g/mol. The second-order valence-electron chi connectivity index (χ2n) is 7.08. The van der Waals surface area contributed by atoms with Gasteiger partial charge in [-0.05, 0) is 30.8 Å². The van der Waals surface area contributed by atoms with Crippen molar-refractivity contribution in [3.63, 3.8) is 0 Å². The minimum absolute atomic E-state index is 0.330. The number of thiophene rings is 1. The Bertz CT molecular complexity index is 475. The maximum atomic E-state index is 6.00. The van der Waals surface area contributed by atoms with E-state index < -0.39 is 0 Å². The zero-order valence-corrected chi connectivity index (χ0v) is 14.0. The SMILES string of the molecule is c1csc(CN2CC[C@]3(COCCN([C@@H]4CCOC4)C3)C2)c1. The Balaban J connectivity index is 1.41. The maximum Gasteiger partial charge on any atom is 0.0622 e. The van der Waals surface area contributed by atoms with Crippen molar-refractivity contribution in [3.05, 3.63) is 22.4 Å². The summed E-state index contributed by atoms with van der Waals surface area (Å²) in [4.78, 5) is 6.74. The minimum atomic E-state index is 0.330. The summed E-state index contributed by atoms with van der Waals surface area (Å²) < 4.78 is 11.6. The van der Waals surface area contributed by atoms with Gasteiger partial charge in [0, 0.05) is 49.1 Å². The van der Waals surface area contributed by atoms with E-state index in [9.17, 15) is 0 Å². The van der Waals surface area contributed by atoms with Crippen LogP contribution in [0.2, 0.25) is 0 Å². The first-order valence-corrected chi connectivity index (χ1v) is 9.35. The summed E-state index contributed by atoms with van der Waals surface area (Å²) in [6, 6.07) is 5.02. The van der Waals surface area contributed by atoms with E-state index >= 15 is 0 Å². The molecule has 4 nitrogen and oxygen atoms in total. The Morgan fingerprint density at radius 1 is 1.23 bits per heavy atom. The van der Waals surface area contributed by atoms with Gasteiger partial charge in [-0.25, -0.2) is 0 Å². The molecule has 5 heteroatoms. The van der Waals surface area contributed by atoms with Crippen molar-refractivity contribution in [2.24, 2.45) is 5.41 Å². The van der Waals surface area contributed by atoms with Crippen LogP contribution in [0.4, 0.5) is 0 Å². The molecule has 22 heavy (non-hydrogen) atoms. The Morgan fingerprint density at radius 3 is 3.05 bits per heavy atom. The molecular formula is C17H26N2O2S. The number of likely N-dealkylation sites (tertiary alicyclic amines) is 1. The predicted octanol–water partition coefficient (Wildman–Crippen LogP) is 2.06. The lowest BCUT2D eigenvalue weighted by atomic mass is 9.87. The molecule has 4 heterocycles. The third kappa shape index (κ3) is 3.24. The van der Waals surface area contributed by atoms with E-state index in [0.29, 0.717) is 11.5 Å². The van der Waals surface area contributed by atoms with Gasteiger partial charge in [0.2, 0.25) is 0 Å². The second-order valence-corrected chi connectivity index (χ2v) is 8.11. The summed E-state index contributed by atoms with van der Waals surface area (Å²) in [5.74, 6) is 0. The molecule has 0 radical (unpaired) electrons. The Hall–Kier alpha value is -0.460. The van der Waals surface area contributed by atoms with Crippen LogP contribution in [0.15, 0.2) is 17.5 Å². The molecule has 2 atom stereocenters. The molecule has 0 N–H and O–H groups in total. The number of rotatable bonds is 3. The maximum absolute atomic E-state index is 6.00. The Labute approximate surface area is 137 Å². The highest BCUT2D eigenvalue weighted by Gasteiger charge is 2.42. The van der Waals surface area contributed by atoms with Crippen LogP contribution in [0.3, 0.4) is 0 Å². The number of nitrogens with zero attached hydrogens (tertiary/aromatic N) is 2. The molecule has 1 aromatic heterocycles. The van der Waals surface area contributed by atoms with Gasteiger partial charge >= 0.3 is 0 Å². The molecule has 3 aliphatic rings. The summed E-state index contributed by atoms with van der Waals surface area (Å²) >= 11 is 1.87. The van der Waals surface area contributed by atoms with Crippen LogP contribution in [0, 0.1) is 5.41 Å². The molecule has 1 aromatic rings. The highest BCUT2D eigenvalue weighted by Crippen LogP contribution is 2.35. The topological polar surface area (TPSA) is 24.9 Å². The fourth-order valence-electron chi connectivity index (χ4n) is 4.18. The fraction of sp³-hybridized carbons (Fsp3) is 0.765. The van der Waals surface area contributed by atoms with Gasteiger partial charge in [-0.2, -0.15) is 0 Å². The Kier molecular flexibility index (Phi) is 4.51. The van der Waals surface area contributed by atoms with Crippen molar-refractivity contribution in [1.82, 2.24) is 9.80 Å². The molecule has 0 unspecified atom stereocenters. The van der Waals surface area contributed by atoms with Crippen LogP contribution in [0.5, 0.6) is 0 Å². The number of ether oxygens (including phenoxy) is 2. The van der Waals surface area contributed by atoms with E-state index in [1.807, 2.05) is 11.3 Å². The van der Waals surface area contributed by atoms with E-state index in [1.54, 1.807) is 0 Å². The van der Waals surface area contributed by atoms with Gasteiger partial charge in [-0.3, -0.25) is 9.80 Å². The smallest absolute Gasteiger partial charge is 0.0622 e. The molecule has 3 saturated heterocycles. The van der Waals surface area contributed by atoms with Crippen molar-refractivity contribution < 1.29 is 9.47 Å². The molecule has 0 amide bonds. The van der Waals surface area contributed by atoms with Crippen LogP contribution >= 0.6 is 11.3 Å². The van der Waals surface area contributed by atoms with Crippen LogP contribution in [-0.4, -0.2) is 68.4 Å². The third-order valence-electron chi connectivity index (χ3n) is 5.37. The van der Waals surface area contributed by atoms with E-state index in [2.05, 4.69) is 27.3 Å². The summed E-state index contributed by atoms with van der Waals surface area (Å²) in [5.41, 5.74) is 0.330. The average Bonchev–Trinajstić information content (AvgIpc) is 3.23. The lowest BCUT2D eigenvalue weighted by Crippen LogP contribution is -2.45. The normalized spacial score (nSPS) is 34.5. The fourth-order valence-corrected chi connectivity index (χ4v) is 4.93. The molecule has 4 rings (SSSR count). The van der Waals surface area contributed by atoms with E-state index in [4.69, 9.17) is 9.47 Å². The first-order valence-electron chi connectivity index (χ1n) is 8.47. The summed E-state index contributed by atoms with van der Waals surface area (Å²) in [5, 5.41) is 2.18. The van der Waals surface area contributed by atoms with Gasteiger partial charge < -0.3 is 9.47 Å². The lowest BCUT2D eigenvalue weighted by Gasteiger charge is -2.34. The van der Waals surface area contributed by atoms with E-state index in [-0.39, 0.29) is 0 Å². The largest absolute Gasteiger partial charge is 0.380 e. The highest BCUT2D eigenvalue weighted by atomic mass is 32.1. The third-order valence-corrected chi connectivity index (χ3v) is 6.23. The molecule has 122 valence electrons. The van der Waals surface area contributed by atoms with Crippen LogP contribution in [0.25, 0.3) is 0 Å². The minimum Gasteiger partial charge on any atom is -0.380 e. The van der Waals surface area contributed by atoms with Gasteiger partial charge in [0.1, 0.15) is 0 Å². The van der Waals surface area contributed by atoms with Crippen LogP contribution < -0.4 is 0 Å². The number of hydrogen-bond donors (Lipinski definition) is 0. The van der Waals surface area contributed by atoms with Gasteiger partial charge in [-0.15, -0.1) is 11.3 Å². The quantitative estimate of drug-likeness (QED) is 0.850. The van der Waals surface area contributed by atoms with Gasteiger partial charge in [0.25, 0.3) is 0 Å². The van der Waals surface area contributed by atoms with Crippen LogP contribution in [-0.2, 0) is 16.0 Å². The van der Waals surface area contributed by atoms with Crippen molar-refractivity contribution >= 4 is 11.3 Å².